The highest BCUT2D eigenvalue weighted by Crippen LogP contribution is 2.40. The Balaban J connectivity index is 3.13. The first-order chi connectivity index (χ1) is 7.54. The van der Waals surface area contributed by atoms with Crippen molar-refractivity contribution in [1.29, 1.82) is 0 Å². The van der Waals surface area contributed by atoms with Crippen molar-refractivity contribution in [3.63, 3.8) is 0 Å². The first kappa shape index (κ1) is 14.8. The fourth-order valence-electron chi connectivity index (χ4n) is 1.44. The topological polar surface area (TPSA) is 9.23 Å². The van der Waals surface area contributed by atoms with Crippen LogP contribution < -0.4 is 4.43 Å². The third-order valence-corrected chi connectivity index (χ3v) is 8.45. The predicted octanol–water partition coefficient (Wildman–Crippen LogP) is 5.45. The van der Waals surface area contributed by atoms with Crippen molar-refractivity contribution >= 4 is 24.2 Å². The van der Waals surface area contributed by atoms with Crippen molar-refractivity contribution in [2.24, 2.45) is 0 Å². The van der Waals surface area contributed by atoms with E-state index in [-0.39, 0.29) is 5.04 Å². The van der Waals surface area contributed by atoms with Crippen LogP contribution in [0.2, 0.25) is 18.1 Å². The highest BCUT2D eigenvalue weighted by molar-refractivity contribution is 9.10. The van der Waals surface area contributed by atoms with E-state index < -0.39 is 8.32 Å². The zero-order valence-corrected chi connectivity index (χ0v) is 14.5. The first-order valence-corrected chi connectivity index (χ1v) is 9.70. The zero-order chi connectivity index (χ0) is 13.4. The Morgan fingerprint density at radius 2 is 1.65 bits per heavy atom. The summed E-state index contributed by atoms with van der Waals surface area (Å²) in [4.78, 5) is 0. The second kappa shape index (κ2) is 4.77. The van der Waals surface area contributed by atoms with Crippen LogP contribution in [0.15, 0.2) is 16.6 Å². The molecule has 0 atom stereocenters. The molecule has 0 spiro atoms. The summed E-state index contributed by atoms with van der Waals surface area (Å²) in [7, 11) is -1.76. The van der Waals surface area contributed by atoms with Crippen LogP contribution in [0.25, 0.3) is 0 Å². The van der Waals surface area contributed by atoms with Gasteiger partial charge in [0.1, 0.15) is 5.75 Å². The minimum Gasteiger partial charge on any atom is -0.543 e. The fourth-order valence-corrected chi connectivity index (χ4v) is 3.43. The van der Waals surface area contributed by atoms with Crippen molar-refractivity contribution in [2.75, 3.05) is 0 Å². The van der Waals surface area contributed by atoms with E-state index in [9.17, 15) is 0 Å². The summed E-state index contributed by atoms with van der Waals surface area (Å²) in [5.74, 6) is 1.02. The van der Waals surface area contributed by atoms with E-state index >= 15 is 0 Å². The van der Waals surface area contributed by atoms with E-state index in [0.717, 1.165) is 10.2 Å². The van der Waals surface area contributed by atoms with Gasteiger partial charge in [-0.25, -0.2) is 0 Å². The Hall–Kier alpha value is -0.283. The average molecular weight is 315 g/mol. The summed E-state index contributed by atoms with van der Waals surface area (Å²) in [6.07, 6.45) is 0. The summed E-state index contributed by atoms with van der Waals surface area (Å²) in [6, 6.07) is 4.29. The zero-order valence-electron chi connectivity index (χ0n) is 11.9. The van der Waals surface area contributed by atoms with E-state index in [1.807, 2.05) is 0 Å². The number of rotatable bonds is 2. The number of benzene rings is 1. The van der Waals surface area contributed by atoms with Crippen LogP contribution >= 0.6 is 15.9 Å². The summed E-state index contributed by atoms with van der Waals surface area (Å²) in [5, 5.41) is 0.226. The van der Waals surface area contributed by atoms with Gasteiger partial charge in [0, 0.05) is 0 Å². The predicted molar refractivity (Wildman–Crippen MR) is 81.4 cm³/mol. The number of aryl methyl sites for hydroxylation is 2. The fraction of sp³-hybridized carbons (Fsp3) is 0.571. The normalized spacial score (nSPS) is 12.7. The Morgan fingerprint density at radius 3 is 2.06 bits per heavy atom. The minimum atomic E-state index is -1.76. The molecule has 1 aromatic rings. The van der Waals surface area contributed by atoms with Gasteiger partial charge in [-0.3, -0.25) is 0 Å². The van der Waals surface area contributed by atoms with Gasteiger partial charge in [0.05, 0.1) is 4.47 Å². The number of hydrogen-bond donors (Lipinski definition) is 0. The largest absolute Gasteiger partial charge is 0.543 e. The molecule has 1 rings (SSSR count). The maximum atomic E-state index is 6.37. The molecule has 0 amide bonds. The van der Waals surface area contributed by atoms with E-state index in [4.69, 9.17) is 4.43 Å². The molecule has 0 saturated carbocycles. The van der Waals surface area contributed by atoms with Crippen LogP contribution in [0.1, 0.15) is 31.9 Å². The summed E-state index contributed by atoms with van der Waals surface area (Å²) in [5.41, 5.74) is 2.47. The molecule has 0 saturated heterocycles. The van der Waals surface area contributed by atoms with E-state index in [1.54, 1.807) is 0 Å². The van der Waals surface area contributed by atoms with Crippen molar-refractivity contribution in [2.45, 2.75) is 52.8 Å². The van der Waals surface area contributed by atoms with Crippen LogP contribution in [0.3, 0.4) is 0 Å². The summed E-state index contributed by atoms with van der Waals surface area (Å²) >= 11 is 3.61. The van der Waals surface area contributed by atoms with Gasteiger partial charge in [-0.05, 0) is 65.1 Å². The van der Waals surface area contributed by atoms with Crippen LogP contribution in [0.4, 0.5) is 0 Å². The molecule has 3 heteroatoms. The van der Waals surface area contributed by atoms with Gasteiger partial charge in [-0.15, -0.1) is 0 Å². The Labute approximate surface area is 115 Å². The summed E-state index contributed by atoms with van der Waals surface area (Å²) in [6.45, 7) is 15.6. The molecule has 0 heterocycles. The van der Waals surface area contributed by atoms with Gasteiger partial charge < -0.3 is 4.43 Å². The lowest BCUT2D eigenvalue weighted by Crippen LogP contribution is -2.44. The third-order valence-electron chi connectivity index (χ3n) is 3.54. The standard InChI is InChI=1S/C14H23BrOSi/c1-10-8-11(2)13(12(15)9-10)16-17(6,7)14(3,4)5/h8-9H,1-7H3. The molecule has 0 fully saturated rings. The molecule has 0 aliphatic heterocycles. The Kier molecular flexibility index (Phi) is 4.15. The highest BCUT2D eigenvalue weighted by Gasteiger charge is 2.39. The molecular formula is C14H23BrOSi. The molecule has 0 radical (unpaired) electrons. The number of hydrogen-bond acceptors (Lipinski definition) is 1. The molecule has 1 nitrogen and oxygen atoms in total. The molecule has 0 aliphatic rings. The minimum absolute atomic E-state index is 0.226. The lowest BCUT2D eigenvalue weighted by atomic mass is 10.1. The van der Waals surface area contributed by atoms with Gasteiger partial charge in [0.15, 0.2) is 0 Å². The smallest absolute Gasteiger partial charge is 0.250 e. The van der Waals surface area contributed by atoms with Gasteiger partial charge in [0.25, 0.3) is 8.32 Å². The molecule has 96 valence electrons. The van der Waals surface area contributed by atoms with Gasteiger partial charge in [-0.1, -0.05) is 26.8 Å². The van der Waals surface area contributed by atoms with Crippen molar-refractivity contribution < 1.29 is 4.43 Å². The first-order valence-electron chi connectivity index (χ1n) is 6.00. The Bertz CT molecular complexity index is 396. The quantitative estimate of drug-likeness (QED) is 0.659. The molecule has 0 unspecified atom stereocenters. The van der Waals surface area contributed by atoms with Gasteiger partial charge >= 0.3 is 0 Å². The molecule has 0 bridgehead atoms. The average Bonchev–Trinajstić information content (AvgIpc) is 2.09. The second-order valence-corrected chi connectivity index (χ2v) is 11.8. The lowest BCUT2D eigenvalue weighted by Gasteiger charge is -2.37. The van der Waals surface area contributed by atoms with Crippen LogP contribution in [-0.4, -0.2) is 8.32 Å². The van der Waals surface area contributed by atoms with Crippen LogP contribution in [0.5, 0.6) is 5.75 Å². The maximum absolute atomic E-state index is 6.37. The highest BCUT2D eigenvalue weighted by atomic mass is 79.9. The molecule has 0 N–H and O–H groups in total. The monoisotopic (exact) mass is 314 g/mol. The van der Waals surface area contributed by atoms with E-state index in [2.05, 4.69) is 75.8 Å². The molecule has 17 heavy (non-hydrogen) atoms. The summed E-state index contributed by atoms with van der Waals surface area (Å²) < 4.78 is 7.44. The van der Waals surface area contributed by atoms with Crippen molar-refractivity contribution in [1.82, 2.24) is 0 Å². The molecule has 0 aliphatic carbocycles. The molecular weight excluding hydrogens is 292 g/mol. The molecule has 0 aromatic heterocycles. The lowest BCUT2D eigenvalue weighted by molar-refractivity contribution is 0.486. The molecule has 1 aromatic carbocycles. The van der Waals surface area contributed by atoms with Crippen molar-refractivity contribution in [3.05, 3.63) is 27.7 Å². The number of halogens is 1. The van der Waals surface area contributed by atoms with E-state index in [0.29, 0.717) is 0 Å². The Morgan fingerprint density at radius 1 is 1.12 bits per heavy atom. The third kappa shape index (κ3) is 3.35. The van der Waals surface area contributed by atoms with Crippen molar-refractivity contribution in [3.8, 4) is 5.75 Å². The SMILES string of the molecule is Cc1cc(C)c(O[Si](C)(C)C(C)(C)C)c(Br)c1. The maximum Gasteiger partial charge on any atom is 0.250 e. The van der Waals surface area contributed by atoms with Crippen LogP contribution in [-0.2, 0) is 0 Å². The van der Waals surface area contributed by atoms with Crippen LogP contribution in [0, 0.1) is 13.8 Å². The van der Waals surface area contributed by atoms with E-state index in [1.165, 1.54) is 11.1 Å². The van der Waals surface area contributed by atoms with Gasteiger partial charge in [0.2, 0.25) is 0 Å². The van der Waals surface area contributed by atoms with Gasteiger partial charge in [-0.2, -0.15) is 0 Å². The second-order valence-electron chi connectivity index (χ2n) is 6.26.